The topological polar surface area (TPSA) is 133 Å². The zero-order valence-corrected chi connectivity index (χ0v) is 18.2. The van der Waals surface area contributed by atoms with Crippen LogP contribution in [-0.4, -0.2) is 29.1 Å². The zero-order chi connectivity index (χ0) is 21.5. The summed E-state index contributed by atoms with van der Waals surface area (Å²) in [7, 11) is 0. The maximum absolute atomic E-state index is 6.61. The Bertz CT molecular complexity index is 1010. The molecule has 9 heteroatoms. The van der Waals surface area contributed by atoms with Gasteiger partial charge in [0.1, 0.15) is 10.8 Å². The highest BCUT2D eigenvalue weighted by atomic mass is 35.5. The fourth-order valence-electron chi connectivity index (χ4n) is 4.55. The number of thioether (sulfide) groups is 1. The summed E-state index contributed by atoms with van der Waals surface area (Å²) >= 11 is 7.24. The Balaban J connectivity index is 1.49. The number of nitrogens with zero attached hydrogens (tertiary/aromatic N) is 3. The van der Waals surface area contributed by atoms with Crippen molar-refractivity contribution < 1.29 is 0 Å². The van der Waals surface area contributed by atoms with Gasteiger partial charge in [0.25, 0.3) is 0 Å². The summed E-state index contributed by atoms with van der Waals surface area (Å²) in [6, 6.07) is 6.31. The molecule has 1 atom stereocenters. The minimum absolute atomic E-state index is 0.00263. The second-order valence-corrected chi connectivity index (χ2v) is 9.32. The highest BCUT2D eigenvalue weighted by molar-refractivity contribution is 8.03. The number of fused-ring (bicyclic) bond motifs is 2. The van der Waals surface area contributed by atoms with Gasteiger partial charge in [-0.3, -0.25) is 0 Å². The molecular weight excluding hydrogens is 418 g/mol. The molecule has 158 valence electrons. The van der Waals surface area contributed by atoms with Crippen LogP contribution in [0.15, 0.2) is 52.1 Å². The molecule has 2 heterocycles. The number of allylic oxidation sites excluding steroid dienone is 1. The largest absolute Gasteiger partial charge is 0.403 e. The minimum Gasteiger partial charge on any atom is -0.403 e. The van der Waals surface area contributed by atoms with Gasteiger partial charge in [0.2, 0.25) is 0 Å². The van der Waals surface area contributed by atoms with Crippen molar-refractivity contribution in [1.82, 2.24) is 9.97 Å². The molecule has 1 spiro atoms. The van der Waals surface area contributed by atoms with Gasteiger partial charge in [0.05, 0.1) is 11.2 Å². The number of nitrogen functional groups attached to an aromatic ring is 2. The third-order valence-corrected chi connectivity index (χ3v) is 7.62. The van der Waals surface area contributed by atoms with Crippen LogP contribution >= 0.6 is 23.4 Å². The molecule has 30 heavy (non-hydrogen) atoms. The number of piperidine rings is 1. The van der Waals surface area contributed by atoms with Crippen LogP contribution in [0.3, 0.4) is 0 Å². The summed E-state index contributed by atoms with van der Waals surface area (Å²) in [4.78, 5) is 11.8. The number of rotatable bonds is 4. The van der Waals surface area contributed by atoms with E-state index in [9.17, 15) is 0 Å². The molecule has 0 amide bonds. The molecule has 1 saturated heterocycles. The molecule has 1 aliphatic heterocycles. The van der Waals surface area contributed by atoms with E-state index in [0.717, 1.165) is 43.9 Å². The van der Waals surface area contributed by atoms with Crippen LogP contribution < -0.4 is 27.8 Å². The van der Waals surface area contributed by atoms with E-state index < -0.39 is 0 Å². The quantitative estimate of drug-likeness (QED) is 0.322. The Hall–Kier alpha value is -2.42. The second kappa shape index (κ2) is 8.02. The number of benzene rings is 1. The van der Waals surface area contributed by atoms with Crippen LogP contribution in [0.4, 0.5) is 17.3 Å². The van der Waals surface area contributed by atoms with Crippen LogP contribution in [0.5, 0.6) is 0 Å². The molecule has 0 bridgehead atoms. The number of nitrogens with two attached hydrogens (primary N) is 4. The van der Waals surface area contributed by atoms with Crippen molar-refractivity contribution in [2.45, 2.75) is 35.7 Å². The fraction of sp³-hybridized carbons (Fsp3) is 0.333. The van der Waals surface area contributed by atoms with Crippen molar-refractivity contribution in [3.63, 3.8) is 0 Å². The predicted octanol–water partition coefficient (Wildman–Crippen LogP) is 2.71. The monoisotopic (exact) mass is 443 g/mol. The van der Waals surface area contributed by atoms with Crippen LogP contribution in [0, 0.1) is 0 Å². The van der Waals surface area contributed by atoms with Crippen molar-refractivity contribution in [3.05, 3.63) is 58.2 Å². The second-order valence-electron chi connectivity index (χ2n) is 7.83. The van der Waals surface area contributed by atoms with E-state index >= 15 is 0 Å². The minimum atomic E-state index is -0.00263. The molecular formula is C21H26ClN7S. The van der Waals surface area contributed by atoms with E-state index in [1.165, 1.54) is 29.1 Å². The summed E-state index contributed by atoms with van der Waals surface area (Å²) in [5, 5.41) is 0.920. The molecule has 2 aromatic rings. The van der Waals surface area contributed by atoms with Crippen molar-refractivity contribution in [3.8, 4) is 0 Å². The van der Waals surface area contributed by atoms with Crippen molar-refractivity contribution in [2.75, 3.05) is 29.5 Å². The van der Waals surface area contributed by atoms with E-state index in [1.807, 2.05) is 6.07 Å². The average molecular weight is 444 g/mol. The van der Waals surface area contributed by atoms with Crippen molar-refractivity contribution in [1.29, 1.82) is 0 Å². The van der Waals surface area contributed by atoms with E-state index in [4.69, 9.17) is 34.5 Å². The Morgan fingerprint density at radius 2 is 2.03 bits per heavy atom. The normalized spacial score (nSPS) is 20.4. The van der Waals surface area contributed by atoms with Gasteiger partial charge in [0, 0.05) is 41.3 Å². The van der Waals surface area contributed by atoms with Crippen molar-refractivity contribution >= 4 is 40.7 Å². The lowest BCUT2D eigenvalue weighted by Gasteiger charge is -2.43. The molecule has 2 aliphatic rings. The molecule has 1 fully saturated rings. The smallest absolute Gasteiger partial charge is 0.158 e. The van der Waals surface area contributed by atoms with Crippen LogP contribution in [0.1, 0.15) is 24.0 Å². The fourth-order valence-corrected chi connectivity index (χ4v) is 5.32. The van der Waals surface area contributed by atoms with E-state index in [0.29, 0.717) is 20.8 Å². The van der Waals surface area contributed by atoms with Gasteiger partial charge in [-0.05, 0) is 42.5 Å². The first-order valence-corrected chi connectivity index (χ1v) is 11.0. The molecule has 1 aromatic carbocycles. The molecule has 7 nitrogen and oxygen atoms in total. The van der Waals surface area contributed by atoms with Crippen LogP contribution in [0.25, 0.3) is 0 Å². The Morgan fingerprint density at radius 3 is 2.70 bits per heavy atom. The Kier molecular flexibility index (Phi) is 5.57. The third kappa shape index (κ3) is 3.59. The maximum Gasteiger partial charge on any atom is 0.158 e. The number of aromatic nitrogens is 2. The molecule has 0 radical (unpaired) electrons. The molecule has 8 N–H and O–H groups in total. The van der Waals surface area contributed by atoms with Crippen LogP contribution in [-0.2, 0) is 11.8 Å². The van der Waals surface area contributed by atoms with Gasteiger partial charge in [0.15, 0.2) is 5.82 Å². The molecule has 1 aliphatic carbocycles. The van der Waals surface area contributed by atoms with Gasteiger partial charge in [-0.1, -0.05) is 36.0 Å². The van der Waals surface area contributed by atoms with E-state index in [2.05, 4.69) is 33.6 Å². The predicted molar refractivity (Wildman–Crippen MR) is 125 cm³/mol. The van der Waals surface area contributed by atoms with Gasteiger partial charge >= 0.3 is 0 Å². The highest BCUT2D eigenvalue weighted by Crippen LogP contribution is 2.46. The Morgan fingerprint density at radius 1 is 1.30 bits per heavy atom. The first-order chi connectivity index (χ1) is 14.3. The SMILES string of the molecule is C=C(Sc1ncc(N2CCC3(CC2)c2ccc(N)cc2CC3N)nc1N)/C(Cl)=C/N. The maximum atomic E-state index is 6.61. The number of halogens is 1. The molecule has 1 unspecified atom stereocenters. The highest BCUT2D eigenvalue weighted by Gasteiger charge is 2.46. The molecule has 4 rings (SSSR count). The summed E-state index contributed by atoms with van der Waals surface area (Å²) in [5.41, 5.74) is 27.6. The van der Waals surface area contributed by atoms with Gasteiger partial charge in [-0.2, -0.15) is 0 Å². The Labute approximate surface area is 185 Å². The van der Waals surface area contributed by atoms with Crippen molar-refractivity contribution in [2.24, 2.45) is 11.5 Å². The standard InChI is InChI=1S/C21H26ClN7S/c1-12(16(22)10-23)30-20-19(26)28-18(11-27-20)29-6-4-21(5-7-29)15-3-2-14(24)8-13(15)9-17(21)25/h2-3,8,10-11,17H,1,4-7,9,23-25H2,(H2,26,28)/b16-10-. The lowest BCUT2D eigenvalue weighted by atomic mass is 9.71. The number of hydrogen-bond acceptors (Lipinski definition) is 8. The van der Waals surface area contributed by atoms with Gasteiger partial charge in [-0.25, -0.2) is 9.97 Å². The summed E-state index contributed by atoms with van der Waals surface area (Å²) in [6.45, 7) is 5.55. The van der Waals surface area contributed by atoms with Gasteiger partial charge < -0.3 is 27.8 Å². The first-order valence-electron chi connectivity index (χ1n) is 9.80. The number of anilines is 3. The lowest BCUT2D eigenvalue weighted by Crippen LogP contribution is -2.50. The molecule has 1 aromatic heterocycles. The summed E-state index contributed by atoms with van der Waals surface area (Å²) < 4.78 is 0. The van der Waals surface area contributed by atoms with E-state index in [-0.39, 0.29) is 11.5 Å². The van der Waals surface area contributed by atoms with Crippen LogP contribution in [0.2, 0.25) is 0 Å². The average Bonchev–Trinajstić information content (AvgIpc) is 2.99. The van der Waals surface area contributed by atoms with Gasteiger partial charge in [-0.15, -0.1) is 0 Å². The summed E-state index contributed by atoms with van der Waals surface area (Å²) in [5.74, 6) is 1.11. The first kappa shape index (κ1) is 20.8. The summed E-state index contributed by atoms with van der Waals surface area (Å²) in [6.07, 6.45) is 5.82. The van der Waals surface area contributed by atoms with E-state index in [1.54, 1.807) is 6.20 Å². The number of hydrogen-bond donors (Lipinski definition) is 4. The third-order valence-electron chi connectivity index (χ3n) is 6.18. The zero-order valence-electron chi connectivity index (χ0n) is 16.6. The lowest BCUT2D eigenvalue weighted by molar-refractivity contribution is 0.292. The molecule has 0 saturated carbocycles.